The molecule has 2 aromatic rings. The number of nitrogens with one attached hydrogen (secondary N) is 1. The lowest BCUT2D eigenvalue weighted by molar-refractivity contribution is -0.156. The molecule has 0 saturated heterocycles. The molecule has 40 heavy (non-hydrogen) atoms. The fraction of sp³-hybridized carbons (Fsp3) is 0.464. The van der Waals surface area contributed by atoms with Crippen LogP contribution in [-0.2, 0) is 38.7 Å². The van der Waals surface area contributed by atoms with E-state index in [-0.39, 0.29) is 24.6 Å². The third-order valence-corrected chi connectivity index (χ3v) is 8.93. The van der Waals surface area contributed by atoms with Gasteiger partial charge in [-0.25, -0.2) is 8.42 Å². The summed E-state index contributed by atoms with van der Waals surface area (Å²) in [6.45, 7) is 7.36. The van der Waals surface area contributed by atoms with Crippen LogP contribution in [0.15, 0.2) is 53.2 Å². The quantitative estimate of drug-likeness (QED) is 0.370. The van der Waals surface area contributed by atoms with Gasteiger partial charge in [-0.05, 0) is 74.9 Å². The van der Waals surface area contributed by atoms with Crippen molar-refractivity contribution < 1.29 is 36.2 Å². The number of aryl methyl sites for hydroxylation is 2. The van der Waals surface area contributed by atoms with E-state index in [0.29, 0.717) is 47.8 Å². The van der Waals surface area contributed by atoms with Gasteiger partial charge in [-0.2, -0.15) is 17.5 Å². The Bertz CT molecular complexity index is 1370. The molecule has 0 bridgehead atoms. The van der Waals surface area contributed by atoms with Crippen molar-refractivity contribution in [3.8, 4) is 0 Å². The number of rotatable bonds is 10. The number of carboxylic acids is 1. The minimum atomic E-state index is -4.68. The molecule has 0 spiro atoms. The van der Waals surface area contributed by atoms with Crippen molar-refractivity contribution in [3.63, 3.8) is 0 Å². The molecule has 0 aromatic heterocycles. The van der Waals surface area contributed by atoms with E-state index in [1.165, 1.54) is 24.2 Å². The Balaban J connectivity index is 1.99. The zero-order valence-electron chi connectivity index (χ0n) is 23.0. The maximum absolute atomic E-state index is 13.6. The van der Waals surface area contributed by atoms with Crippen LogP contribution in [0.25, 0.3) is 0 Å². The van der Waals surface area contributed by atoms with E-state index < -0.39 is 39.3 Å². The summed E-state index contributed by atoms with van der Waals surface area (Å²) in [5, 5.41) is 12.9. The molecular formula is C28H36F3N3O5S. The lowest BCUT2D eigenvalue weighted by Crippen LogP contribution is -2.34. The highest BCUT2D eigenvalue weighted by atomic mass is 32.2. The molecule has 3 rings (SSSR count). The lowest BCUT2D eigenvalue weighted by Gasteiger charge is -2.32. The zero-order valence-corrected chi connectivity index (χ0v) is 23.8. The van der Waals surface area contributed by atoms with E-state index in [4.69, 9.17) is 10.5 Å². The third kappa shape index (κ3) is 6.97. The van der Waals surface area contributed by atoms with Crippen molar-refractivity contribution >= 4 is 16.0 Å². The number of aliphatic carboxylic acids is 1. The first kappa shape index (κ1) is 31.4. The summed E-state index contributed by atoms with van der Waals surface area (Å²) in [6, 6.07) is 8.01. The van der Waals surface area contributed by atoms with Crippen LogP contribution in [0, 0.1) is 12.3 Å². The number of fused-ring (bicyclic) bond motifs is 1. The van der Waals surface area contributed by atoms with Gasteiger partial charge in [0.05, 0.1) is 34.3 Å². The molecule has 1 aliphatic rings. The summed E-state index contributed by atoms with van der Waals surface area (Å²) in [5.74, 6) is -1.10. The fourth-order valence-electron chi connectivity index (χ4n) is 4.55. The van der Waals surface area contributed by atoms with E-state index in [1.54, 1.807) is 31.3 Å². The number of hydrogen-bond donors (Lipinski definition) is 3. The van der Waals surface area contributed by atoms with Gasteiger partial charge in [0, 0.05) is 25.8 Å². The number of benzene rings is 2. The zero-order chi connectivity index (χ0) is 29.9. The SMILES string of the molecule is CCN/C=C(\N)COC(c1ccc(C)c(CN2CCCc3ccc(C(F)(F)F)cc3S2(=O)=O)c1)C(C)(C)C(=O)O. The summed E-state index contributed by atoms with van der Waals surface area (Å²) in [5.41, 5.74) is 6.15. The summed E-state index contributed by atoms with van der Waals surface area (Å²) in [7, 11) is -4.25. The number of hydrogen-bond acceptors (Lipinski definition) is 6. The van der Waals surface area contributed by atoms with Crippen LogP contribution in [0.2, 0.25) is 0 Å². The van der Waals surface area contributed by atoms with Crippen molar-refractivity contribution in [2.45, 2.75) is 64.3 Å². The Morgan fingerprint density at radius 3 is 2.55 bits per heavy atom. The number of sulfonamides is 1. The summed E-state index contributed by atoms with van der Waals surface area (Å²) >= 11 is 0. The van der Waals surface area contributed by atoms with E-state index in [9.17, 15) is 31.5 Å². The normalized spacial score (nSPS) is 17.1. The van der Waals surface area contributed by atoms with E-state index in [1.807, 2.05) is 6.92 Å². The predicted octanol–water partition coefficient (Wildman–Crippen LogP) is 4.73. The molecule has 0 radical (unpaired) electrons. The Morgan fingerprint density at radius 2 is 1.93 bits per heavy atom. The molecule has 0 fully saturated rings. The van der Waals surface area contributed by atoms with Crippen molar-refractivity contribution in [2.75, 3.05) is 19.7 Å². The van der Waals surface area contributed by atoms with Gasteiger partial charge in [-0.15, -0.1) is 0 Å². The van der Waals surface area contributed by atoms with Gasteiger partial charge in [0.2, 0.25) is 10.0 Å². The molecule has 12 heteroatoms. The molecule has 1 atom stereocenters. The van der Waals surface area contributed by atoms with E-state index >= 15 is 0 Å². The molecule has 4 N–H and O–H groups in total. The molecule has 0 aliphatic carbocycles. The second kappa shape index (κ2) is 12.2. The molecular weight excluding hydrogens is 547 g/mol. The van der Waals surface area contributed by atoms with Crippen LogP contribution in [0.5, 0.6) is 0 Å². The average molecular weight is 584 g/mol. The van der Waals surface area contributed by atoms with Gasteiger partial charge in [0.15, 0.2) is 0 Å². The number of ether oxygens (including phenoxy) is 1. The van der Waals surface area contributed by atoms with Crippen LogP contribution in [0.1, 0.15) is 61.1 Å². The molecule has 2 aromatic carbocycles. The first-order valence-corrected chi connectivity index (χ1v) is 14.4. The second-order valence-corrected chi connectivity index (χ2v) is 12.3. The molecule has 1 heterocycles. The minimum absolute atomic E-state index is 0.0452. The van der Waals surface area contributed by atoms with E-state index in [2.05, 4.69) is 5.32 Å². The topological polar surface area (TPSA) is 122 Å². The van der Waals surface area contributed by atoms with Crippen molar-refractivity contribution in [1.29, 1.82) is 0 Å². The Morgan fingerprint density at radius 1 is 1.23 bits per heavy atom. The smallest absolute Gasteiger partial charge is 0.416 e. The molecule has 8 nitrogen and oxygen atoms in total. The first-order chi connectivity index (χ1) is 18.6. The Kier molecular flexibility index (Phi) is 9.58. The molecule has 1 unspecified atom stereocenters. The van der Waals surface area contributed by atoms with Crippen LogP contribution in [0.3, 0.4) is 0 Å². The molecule has 0 amide bonds. The summed E-state index contributed by atoms with van der Waals surface area (Å²) < 4.78 is 74.5. The van der Waals surface area contributed by atoms with Crippen LogP contribution in [-0.4, -0.2) is 43.5 Å². The first-order valence-electron chi connectivity index (χ1n) is 12.9. The second-order valence-electron chi connectivity index (χ2n) is 10.4. The highest BCUT2D eigenvalue weighted by molar-refractivity contribution is 7.89. The summed E-state index contributed by atoms with van der Waals surface area (Å²) in [4.78, 5) is 11.8. The number of carbonyl (C=O) groups is 1. The fourth-order valence-corrected chi connectivity index (χ4v) is 6.28. The lowest BCUT2D eigenvalue weighted by atomic mass is 9.81. The van der Waals surface area contributed by atoms with Gasteiger partial charge in [0.1, 0.15) is 0 Å². The highest BCUT2D eigenvalue weighted by Crippen LogP contribution is 2.39. The third-order valence-electron chi connectivity index (χ3n) is 7.00. The minimum Gasteiger partial charge on any atom is -0.481 e. The highest BCUT2D eigenvalue weighted by Gasteiger charge is 2.40. The number of halogens is 3. The predicted molar refractivity (Wildman–Crippen MR) is 145 cm³/mol. The number of nitrogens with zero attached hydrogens (tertiary/aromatic N) is 1. The average Bonchev–Trinajstić information content (AvgIpc) is 2.99. The largest absolute Gasteiger partial charge is 0.481 e. The Hall–Kier alpha value is -3.09. The summed E-state index contributed by atoms with van der Waals surface area (Å²) in [6.07, 6.45) is -3.27. The van der Waals surface area contributed by atoms with Crippen molar-refractivity contribution in [1.82, 2.24) is 9.62 Å². The number of alkyl halides is 3. The van der Waals surface area contributed by atoms with Crippen LogP contribution in [0.4, 0.5) is 13.2 Å². The monoisotopic (exact) mass is 583 g/mol. The van der Waals surface area contributed by atoms with Gasteiger partial charge in [0.25, 0.3) is 0 Å². The van der Waals surface area contributed by atoms with Gasteiger partial charge in [-0.3, -0.25) is 4.79 Å². The standard InChI is InChI=1S/C28H36F3N3O5S/c1-5-33-15-23(32)17-39-25(27(3,4)26(35)36)20-9-8-18(2)21(13-20)16-34-12-6-7-19-10-11-22(28(29,30)31)14-24(19)40(34,37)38/h8-11,13-15,25,33H,5-7,12,16-17,32H2,1-4H3,(H,35,36)/b23-15-. The van der Waals surface area contributed by atoms with Crippen molar-refractivity contribution in [3.05, 3.63) is 76.1 Å². The Labute approximate surface area is 233 Å². The van der Waals surface area contributed by atoms with Crippen molar-refractivity contribution in [2.24, 2.45) is 11.1 Å². The van der Waals surface area contributed by atoms with E-state index in [0.717, 1.165) is 11.6 Å². The van der Waals surface area contributed by atoms with Crippen LogP contribution < -0.4 is 11.1 Å². The maximum atomic E-state index is 13.6. The van der Waals surface area contributed by atoms with Gasteiger partial charge >= 0.3 is 12.1 Å². The number of nitrogens with two attached hydrogens (primary N) is 1. The molecule has 0 saturated carbocycles. The molecule has 1 aliphatic heterocycles. The maximum Gasteiger partial charge on any atom is 0.416 e. The van der Waals surface area contributed by atoms with Gasteiger partial charge < -0.3 is 20.9 Å². The van der Waals surface area contributed by atoms with Gasteiger partial charge in [-0.1, -0.05) is 24.3 Å². The number of carboxylic acid groups (broad SMARTS) is 1. The molecule has 220 valence electrons. The van der Waals surface area contributed by atoms with Crippen LogP contribution >= 0.6 is 0 Å².